The molecule has 0 amide bonds. The van der Waals surface area contributed by atoms with Crippen molar-refractivity contribution in [2.75, 3.05) is 0 Å². The first-order valence-electron chi connectivity index (χ1n) is 20.4. The summed E-state index contributed by atoms with van der Waals surface area (Å²) in [5.41, 5.74) is 6.53. The summed E-state index contributed by atoms with van der Waals surface area (Å²) >= 11 is 1.80. The lowest BCUT2D eigenvalue weighted by Gasteiger charge is -2.35. The normalized spacial score (nSPS) is 15.5. The molecule has 13 rings (SSSR count). The molecule has 60 heavy (non-hydrogen) atoms. The third kappa shape index (κ3) is 4.76. The van der Waals surface area contributed by atoms with Crippen LogP contribution in [0.25, 0.3) is 103 Å². The van der Waals surface area contributed by atoms with Crippen molar-refractivity contribution >= 4 is 91.4 Å². The zero-order valence-electron chi connectivity index (χ0n) is 32.6. The van der Waals surface area contributed by atoms with Gasteiger partial charge in [0, 0.05) is 58.6 Å². The largest absolute Gasteiger partial charge is 0.458 e. The van der Waals surface area contributed by atoms with Gasteiger partial charge in [-0.05, 0) is 71.3 Å². The smallest absolute Gasteiger partial charge is 0.164 e. The summed E-state index contributed by atoms with van der Waals surface area (Å²) in [4.78, 5) is 16.2. The van der Waals surface area contributed by atoms with E-state index in [1.165, 1.54) is 47.4 Å². The van der Waals surface area contributed by atoms with E-state index >= 15 is 0 Å². The highest BCUT2D eigenvalue weighted by Gasteiger charge is 2.42. The lowest BCUT2D eigenvalue weighted by Crippen LogP contribution is -2.33. The number of benzene rings is 8. The molecular weight excluding hydrogens is 753 g/mol. The van der Waals surface area contributed by atoms with Gasteiger partial charge in [0.25, 0.3) is 0 Å². The fraction of sp³-hybridized carbons (Fsp3) is 0.0556. The van der Waals surface area contributed by atoms with Crippen molar-refractivity contribution in [2.45, 2.75) is 18.9 Å². The number of allylic oxidation sites excluding steroid dienone is 1. The van der Waals surface area contributed by atoms with E-state index in [-0.39, 0.29) is 0 Å². The summed E-state index contributed by atoms with van der Waals surface area (Å²) in [6.45, 7) is 2.32. The average Bonchev–Trinajstić information content (AvgIpc) is 3.99. The molecule has 0 saturated heterocycles. The van der Waals surface area contributed by atoms with E-state index in [4.69, 9.17) is 19.4 Å². The molecule has 5 nitrogen and oxygen atoms in total. The second-order valence-corrected chi connectivity index (χ2v) is 17.2. The van der Waals surface area contributed by atoms with Crippen molar-refractivity contribution in [3.8, 4) is 22.8 Å². The molecule has 1 aliphatic rings. The van der Waals surface area contributed by atoms with Gasteiger partial charge in [-0.1, -0.05) is 140 Å². The molecule has 1 unspecified atom stereocenters. The zero-order chi connectivity index (χ0) is 39.5. The molecule has 6 heteroatoms. The second-order valence-electron chi connectivity index (χ2n) is 16.1. The van der Waals surface area contributed by atoms with E-state index in [2.05, 4.69) is 187 Å². The summed E-state index contributed by atoms with van der Waals surface area (Å²) in [5.74, 6) is 2.82. The Balaban J connectivity index is 1.09. The van der Waals surface area contributed by atoms with Gasteiger partial charge < -0.3 is 8.98 Å². The van der Waals surface area contributed by atoms with Crippen LogP contribution in [0.15, 0.2) is 180 Å². The Bertz CT molecular complexity index is 3790. The van der Waals surface area contributed by atoms with Gasteiger partial charge in [0.15, 0.2) is 17.5 Å². The Morgan fingerprint density at radius 3 is 2.00 bits per heavy atom. The number of thiophene rings is 1. The fourth-order valence-electron chi connectivity index (χ4n) is 9.89. The van der Waals surface area contributed by atoms with E-state index < -0.39 is 5.54 Å². The molecule has 4 heterocycles. The molecule has 0 N–H and O–H groups in total. The summed E-state index contributed by atoms with van der Waals surface area (Å²) < 4.78 is 12.1. The number of para-hydroxylation sites is 2. The minimum atomic E-state index is -0.586. The maximum absolute atomic E-state index is 7.12. The van der Waals surface area contributed by atoms with Crippen LogP contribution >= 0.6 is 11.3 Å². The van der Waals surface area contributed by atoms with Crippen LogP contribution in [0.4, 0.5) is 0 Å². The lowest BCUT2D eigenvalue weighted by atomic mass is 9.81. The van der Waals surface area contributed by atoms with E-state index in [0.29, 0.717) is 23.9 Å². The minimum Gasteiger partial charge on any atom is -0.458 e. The molecule has 0 bridgehead atoms. The third-order valence-electron chi connectivity index (χ3n) is 12.6. The van der Waals surface area contributed by atoms with Crippen molar-refractivity contribution in [1.82, 2.24) is 19.5 Å². The number of aromatic nitrogens is 4. The van der Waals surface area contributed by atoms with Gasteiger partial charge in [0.1, 0.15) is 16.9 Å². The Labute approximate surface area is 348 Å². The molecule has 0 saturated carbocycles. The van der Waals surface area contributed by atoms with E-state index in [1.54, 1.807) is 11.3 Å². The third-order valence-corrected chi connectivity index (χ3v) is 13.8. The van der Waals surface area contributed by atoms with Gasteiger partial charge in [-0.2, -0.15) is 0 Å². The van der Waals surface area contributed by atoms with Crippen molar-refractivity contribution < 1.29 is 4.42 Å². The van der Waals surface area contributed by atoms with Gasteiger partial charge >= 0.3 is 0 Å². The molecule has 1 aliphatic carbocycles. The number of rotatable bonds is 4. The van der Waals surface area contributed by atoms with Crippen LogP contribution in [-0.2, 0) is 5.54 Å². The van der Waals surface area contributed by atoms with Gasteiger partial charge in [0.05, 0.1) is 11.0 Å². The van der Waals surface area contributed by atoms with E-state index in [9.17, 15) is 0 Å². The number of nitrogens with zero attached hydrogens (tertiary/aromatic N) is 4. The zero-order valence-corrected chi connectivity index (χ0v) is 33.4. The lowest BCUT2D eigenvalue weighted by molar-refractivity contribution is 0.333. The second kappa shape index (κ2) is 12.5. The molecule has 8 aromatic carbocycles. The highest BCUT2D eigenvalue weighted by atomic mass is 32.1. The molecule has 282 valence electrons. The van der Waals surface area contributed by atoms with E-state index in [0.717, 1.165) is 55.2 Å². The Hall–Kier alpha value is -7.41. The standard InChI is InChI=1S/C54H34N4OS/c1-54(58-43-24-9-6-19-36(43)42-30-33-15-2-3-16-34(33)31-44(42)58)29-28-41(49-38-20-7-10-25-45(38)59-50(49)54)53-56-51(37-22-12-17-32-14-4-5-18-35(32)37)55-52(57-53)40-23-13-27-47-48(40)39-21-8-11-26-46(39)60-47/h2-28,30-31H,29H2,1H3. The summed E-state index contributed by atoms with van der Waals surface area (Å²) in [6, 6.07) is 60.4. The monoisotopic (exact) mass is 786 g/mol. The maximum atomic E-state index is 7.12. The van der Waals surface area contributed by atoms with Crippen LogP contribution in [0.1, 0.15) is 30.5 Å². The minimum absolute atomic E-state index is 0.586. The first-order chi connectivity index (χ1) is 29.6. The number of hydrogen-bond donors (Lipinski definition) is 0. The highest BCUT2D eigenvalue weighted by molar-refractivity contribution is 7.25. The Morgan fingerprint density at radius 1 is 0.517 bits per heavy atom. The van der Waals surface area contributed by atoms with Crippen LogP contribution in [-0.4, -0.2) is 19.5 Å². The fourth-order valence-corrected chi connectivity index (χ4v) is 11.0. The molecule has 4 aromatic heterocycles. The SMILES string of the molecule is CC1(n2c3ccccc3c3cc4ccccc4cc32)CC=C(c2nc(-c3cccc4ccccc34)nc(-c3cccc4sc5ccccc5c34)n2)c2c1oc1ccccc21. The number of fused-ring (bicyclic) bond motifs is 11. The van der Waals surface area contributed by atoms with Gasteiger partial charge in [-0.15, -0.1) is 11.3 Å². The van der Waals surface area contributed by atoms with E-state index in [1.807, 2.05) is 0 Å². The molecule has 0 aliphatic heterocycles. The topological polar surface area (TPSA) is 56.7 Å². The quantitative estimate of drug-likeness (QED) is 0.178. The van der Waals surface area contributed by atoms with Crippen LogP contribution in [0.5, 0.6) is 0 Å². The predicted octanol–water partition coefficient (Wildman–Crippen LogP) is 14.3. The van der Waals surface area contributed by atoms with Crippen molar-refractivity contribution in [1.29, 1.82) is 0 Å². The van der Waals surface area contributed by atoms with Crippen molar-refractivity contribution in [2.24, 2.45) is 0 Å². The van der Waals surface area contributed by atoms with Crippen LogP contribution < -0.4 is 0 Å². The Kier molecular flexibility index (Phi) is 7.02. The summed E-state index contributed by atoms with van der Waals surface area (Å²) in [6.07, 6.45) is 3.00. The molecule has 0 fully saturated rings. The summed E-state index contributed by atoms with van der Waals surface area (Å²) in [7, 11) is 0. The average molecular weight is 787 g/mol. The predicted molar refractivity (Wildman–Crippen MR) is 249 cm³/mol. The van der Waals surface area contributed by atoms with Gasteiger partial charge in [-0.25, -0.2) is 15.0 Å². The molecule has 1 atom stereocenters. The van der Waals surface area contributed by atoms with Crippen LogP contribution in [0.2, 0.25) is 0 Å². The van der Waals surface area contributed by atoms with Gasteiger partial charge in [-0.3, -0.25) is 0 Å². The van der Waals surface area contributed by atoms with Crippen LogP contribution in [0.3, 0.4) is 0 Å². The molecular formula is C54H34N4OS. The van der Waals surface area contributed by atoms with Gasteiger partial charge in [0.2, 0.25) is 0 Å². The van der Waals surface area contributed by atoms with Crippen LogP contribution in [0, 0.1) is 0 Å². The first kappa shape index (κ1) is 33.6. The Morgan fingerprint density at radius 2 is 1.13 bits per heavy atom. The highest BCUT2D eigenvalue weighted by Crippen LogP contribution is 2.50. The molecule has 0 spiro atoms. The number of hydrogen-bond acceptors (Lipinski definition) is 5. The molecule has 12 aromatic rings. The molecule has 0 radical (unpaired) electrons. The number of furan rings is 1. The van der Waals surface area contributed by atoms with Crippen molar-refractivity contribution in [3.05, 3.63) is 193 Å². The summed E-state index contributed by atoms with van der Waals surface area (Å²) in [5, 5.41) is 10.5. The maximum Gasteiger partial charge on any atom is 0.164 e. The first-order valence-corrected chi connectivity index (χ1v) is 21.2. The van der Waals surface area contributed by atoms with Crippen molar-refractivity contribution in [3.63, 3.8) is 0 Å².